The quantitative estimate of drug-likeness (QED) is 0.441. The zero-order chi connectivity index (χ0) is 21.8. The highest BCUT2D eigenvalue weighted by Gasteiger charge is 2.38. The van der Waals surface area contributed by atoms with E-state index in [9.17, 15) is 19.2 Å². The number of hydrogen-bond donors (Lipinski definition) is 2. The number of rotatable bonds is 9. The molecule has 0 saturated carbocycles. The molecule has 1 aromatic carbocycles. The first-order valence-electron chi connectivity index (χ1n) is 10.6. The average Bonchev–Trinajstić information content (AvgIpc) is 3.45. The van der Waals surface area contributed by atoms with Gasteiger partial charge >= 0.3 is 6.03 Å². The molecule has 3 heterocycles. The lowest BCUT2D eigenvalue weighted by molar-refractivity contribution is -0.128. The second-order valence-electron chi connectivity index (χ2n) is 7.84. The standard InChI is InChI=1S/C21H26N4O6/c26-18(22-8-2-10-24-9-1-3-19(24)27)7-5-15-20(28)25(21(29)23-15)12-14-4-6-16-17(11-14)31-13-30-16/h4,6,11,15H,1-3,5,7-10,12-13H2,(H,22,26)(H,23,29)/t15-/m1/s1. The van der Waals surface area contributed by atoms with Crippen LogP contribution >= 0.6 is 0 Å². The Labute approximate surface area is 179 Å². The van der Waals surface area contributed by atoms with Gasteiger partial charge in [-0.25, -0.2) is 4.79 Å². The predicted molar refractivity (Wildman–Crippen MR) is 108 cm³/mol. The van der Waals surface area contributed by atoms with Crippen LogP contribution in [0.4, 0.5) is 4.79 Å². The monoisotopic (exact) mass is 430 g/mol. The van der Waals surface area contributed by atoms with E-state index in [1.54, 1.807) is 18.2 Å². The third-order valence-electron chi connectivity index (χ3n) is 5.64. The number of carbonyl (C=O) groups is 4. The summed E-state index contributed by atoms with van der Waals surface area (Å²) in [7, 11) is 0. The number of fused-ring (bicyclic) bond motifs is 1. The van der Waals surface area contributed by atoms with Crippen LogP contribution in [0.2, 0.25) is 0 Å². The van der Waals surface area contributed by atoms with Gasteiger partial charge in [0.2, 0.25) is 18.6 Å². The molecule has 0 aromatic heterocycles. The predicted octanol–water partition coefficient (Wildman–Crippen LogP) is 0.745. The van der Waals surface area contributed by atoms with Gasteiger partial charge in [-0.2, -0.15) is 0 Å². The van der Waals surface area contributed by atoms with E-state index in [1.807, 2.05) is 4.90 Å². The Morgan fingerprint density at radius 1 is 1.19 bits per heavy atom. The fraction of sp³-hybridized carbons (Fsp3) is 0.524. The van der Waals surface area contributed by atoms with E-state index < -0.39 is 12.1 Å². The molecule has 5 amide bonds. The van der Waals surface area contributed by atoms with Crippen LogP contribution in [-0.4, -0.2) is 66.0 Å². The first-order chi connectivity index (χ1) is 15.0. The summed E-state index contributed by atoms with van der Waals surface area (Å²) in [4.78, 5) is 51.5. The van der Waals surface area contributed by atoms with Gasteiger partial charge in [-0.05, 0) is 37.0 Å². The molecule has 2 fully saturated rings. The van der Waals surface area contributed by atoms with Gasteiger partial charge in [0.25, 0.3) is 5.91 Å². The molecule has 0 bridgehead atoms. The van der Waals surface area contributed by atoms with E-state index in [-0.39, 0.29) is 43.9 Å². The Balaban J connectivity index is 1.19. The van der Waals surface area contributed by atoms with Crippen molar-refractivity contribution in [2.45, 2.75) is 44.7 Å². The SMILES string of the molecule is O=C(CC[C@H]1NC(=O)N(Cc2ccc3c(c2)OCO3)C1=O)NCCCN1CCCC1=O. The third-order valence-corrected chi connectivity index (χ3v) is 5.64. The van der Waals surface area contributed by atoms with Crippen LogP contribution in [-0.2, 0) is 20.9 Å². The van der Waals surface area contributed by atoms with Crippen molar-refractivity contribution < 1.29 is 28.7 Å². The lowest BCUT2D eigenvalue weighted by atomic mass is 10.1. The van der Waals surface area contributed by atoms with E-state index in [2.05, 4.69) is 10.6 Å². The number of amides is 5. The molecule has 3 aliphatic heterocycles. The van der Waals surface area contributed by atoms with Crippen molar-refractivity contribution in [1.82, 2.24) is 20.4 Å². The maximum absolute atomic E-state index is 12.6. The van der Waals surface area contributed by atoms with Gasteiger partial charge in [0.05, 0.1) is 6.54 Å². The summed E-state index contributed by atoms with van der Waals surface area (Å²) < 4.78 is 10.6. The van der Waals surface area contributed by atoms with Crippen LogP contribution < -0.4 is 20.1 Å². The normalized spacial score (nSPS) is 19.9. The largest absolute Gasteiger partial charge is 0.454 e. The second kappa shape index (κ2) is 9.23. The van der Waals surface area contributed by atoms with Crippen LogP contribution in [0.15, 0.2) is 18.2 Å². The van der Waals surface area contributed by atoms with Crippen molar-refractivity contribution in [2.75, 3.05) is 26.4 Å². The molecule has 3 aliphatic rings. The van der Waals surface area contributed by atoms with Gasteiger partial charge < -0.3 is 25.0 Å². The Hall–Kier alpha value is -3.30. The topological polar surface area (TPSA) is 117 Å². The average molecular weight is 430 g/mol. The minimum Gasteiger partial charge on any atom is -0.454 e. The summed E-state index contributed by atoms with van der Waals surface area (Å²) in [5.41, 5.74) is 0.752. The number of ether oxygens (including phenoxy) is 2. The van der Waals surface area contributed by atoms with Crippen LogP contribution in [0.3, 0.4) is 0 Å². The summed E-state index contributed by atoms with van der Waals surface area (Å²) in [6.45, 7) is 2.19. The molecule has 4 rings (SSSR count). The minimum atomic E-state index is -0.713. The van der Waals surface area contributed by atoms with Crippen molar-refractivity contribution in [3.63, 3.8) is 0 Å². The molecule has 10 nitrogen and oxygen atoms in total. The highest BCUT2D eigenvalue weighted by atomic mass is 16.7. The lowest BCUT2D eigenvalue weighted by Crippen LogP contribution is -2.33. The molecule has 1 atom stereocenters. The van der Waals surface area contributed by atoms with Crippen LogP contribution in [0, 0.1) is 0 Å². The maximum Gasteiger partial charge on any atom is 0.325 e. The summed E-state index contributed by atoms with van der Waals surface area (Å²) in [6.07, 6.45) is 2.58. The fourth-order valence-electron chi connectivity index (χ4n) is 3.95. The van der Waals surface area contributed by atoms with E-state index in [0.29, 0.717) is 37.4 Å². The third kappa shape index (κ3) is 4.89. The van der Waals surface area contributed by atoms with Crippen molar-refractivity contribution in [2.24, 2.45) is 0 Å². The number of urea groups is 1. The number of nitrogens with zero attached hydrogens (tertiary/aromatic N) is 2. The molecule has 166 valence electrons. The number of imide groups is 1. The molecule has 0 unspecified atom stereocenters. The van der Waals surface area contributed by atoms with Gasteiger partial charge in [0.15, 0.2) is 11.5 Å². The smallest absolute Gasteiger partial charge is 0.325 e. The zero-order valence-corrected chi connectivity index (χ0v) is 17.2. The highest BCUT2D eigenvalue weighted by molar-refractivity contribution is 6.04. The minimum absolute atomic E-state index is 0.124. The van der Waals surface area contributed by atoms with Crippen molar-refractivity contribution in [3.05, 3.63) is 23.8 Å². The second-order valence-corrected chi connectivity index (χ2v) is 7.84. The number of carbonyl (C=O) groups excluding carboxylic acids is 4. The Kier molecular flexibility index (Phi) is 6.24. The van der Waals surface area contributed by atoms with Crippen LogP contribution in [0.5, 0.6) is 11.5 Å². The van der Waals surface area contributed by atoms with Crippen molar-refractivity contribution >= 4 is 23.8 Å². The van der Waals surface area contributed by atoms with E-state index in [4.69, 9.17) is 9.47 Å². The fourth-order valence-corrected chi connectivity index (χ4v) is 3.95. The van der Waals surface area contributed by atoms with Gasteiger partial charge in [-0.1, -0.05) is 6.07 Å². The molecular formula is C21H26N4O6. The molecule has 31 heavy (non-hydrogen) atoms. The Morgan fingerprint density at radius 3 is 2.84 bits per heavy atom. The van der Waals surface area contributed by atoms with E-state index in [0.717, 1.165) is 23.4 Å². The maximum atomic E-state index is 12.6. The first kappa shape index (κ1) is 21.0. The molecule has 2 saturated heterocycles. The highest BCUT2D eigenvalue weighted by Crippen LogP contribution is 2.33. The zero-order valence-electron chi connectivity index (χ0n) is 17.2. The van der Waals surface area contributed by atoms with Gasteiger partial charge in [0, 0.05) is 32.5 Å². The molecule has 1 aromatic rings. The number of nitrogens with one attached hydrogen (secondary N) is 2. The molecule has 0 radical (unpaired) electrons. The van der Waals surface area contributed by atoms with Crippen molar-refractivity contribution in [3.8, 4) is 11.5 Å². The number of likely N-dealkylation sites (tertiary alicyclic amines) is 1. The summed E-state index contributed by atoms with van der Waals surface area (Å²) in [6, 6.07) is 4.10. The summed E-state index contributed by atoms with van der Waals surface area (Å²) in [5, 5.41) is 5.45. The first-order valence-corrected chi connectivity index (χ1v) is 10.6. The van der Waals surface area contributed by atoms with Crippen LogP contribution in [0.25, 0.3) is 0 Å². The van der Waals surface area contributed by atoms with Gasteiger partial charge in [0.1, 0.15) is 6.04 Å². The molecule has 2 N–H and O–H groups in total. The number of hydrogen-bond acceptors (Lipinski definition) is 6. The lowest BCUT2D eigenvalue weighted by Gasteiger charge is -2.15. The summed E-state index contributed by atoms with van der Waals surface area (Å²) >= 11 is 0. The van der Waals surface area contributed by atoms with Crippen LogP contribution in [0.1, 0.15) is 37.7 Å². The molecule has 0 aliphatic carbocycles. The van der Waals surface area contributed by atoms with Gasteiger partial charge in [-0.15, -0.1) is 0 Å². The molecule has 10 heteroatoms. The number of benzene rings is 1. The molecule has 0 spiro atoms. The van der Waals surface area contributed by atoms with Gasteiger partial charge in [-0.3, -0.25) is 19.3 Å². The Bertz CT molecular complexity index is 889. The summed E-state index contributed by atoms with van der Waals surface area (Å²) in [5.74, 6) is 0.878. The van der Waals surface area contributed by atoms with Crippen molar-refractivity contribution in [1.29, 1.82) is 0 Å². The molecular weight excluding hydrogens is 404 g/mol. The van der Waals surface area contributed by atoms with E-state index in [1.165, 1.54) is 0 Å². The van der Waals surface area contributed by atoms with E-state index >= 15 is 0 Å². The Morgan fingerprint density at radius 2 is 2.03 bits per heavy atom.